The molecule has 3 rings (SSSR count). The Kier molecular flexibility index (Phi) is 10.3. The monoisotopic (exact) mass is 429 g/mol. The summed E-state index contributed by atoms with van der Waals surface area (Å²) in [6.07, 6.45) is 20.0. The second-order valence-electron chi connectivity index (χ2n) is 10.1. The first-order valence-electron chi connectivity index (χ1n) is 13.3. The van der Waals surface area contributed by atoms with Gasteiger partial charge in [-0.3, -0.25) is 0 Å². The summed E-state index contributed by atoms with van der Waals surface area (Å²) in [5, 5.41) is 9.65. The van der Waals surface area contributed by atoms with E-state index in [4.69, 9.17) is 0 Å². The molecule has 0 heterocycles. The molecule has 0 aliphatic heterocycles. The molecule has 2 aromatic rings. The van der Waals surface area contributed by atoms with E-state index >= 15 is 0 Å². The summed E-state index contributed by atoms with van der Waals surface area (Å²) in [6, 6.07) is 21.0. The number of hydrogen-bond donors (Lipinski definition) is 0. The summed E-state index contributed by atoms with van der Waals surface area (Å²) in [5.74, 6) is 0. The van der Waals surface area contributed by atoms with Crippen LogP contribution in [0.5, 0.6) is 0 Å². The summed E-state index contributed by atoms with van der Waals surface area (Å²) >= 11 is 0. The first-order valence-corrected chi connectivity index (χ1v) is 13.3. The van der Waals surface area contributed by atoms with E-state index in [0.717, 1.165) is 25.7 Å². The van der Waals surface area contributed by atoms with E-state index in [1.807, 2.05) is 0 Å². The van der Waals surface area contributed by atoms with E-state index < -0.39 is 0 Å². The van der Waals surface area contributed by atoms with Gasteiger partial charge in [-0.05, 0) is 67.2 Å². The summed E-state index contributed by atoms with van der Waals surface area (Å²) in [6.45, 7) is 2.28. The van der Waals surface area contributed by atoms with Crippen molar-refractivity contribution < 1.29 is 0 Å². The van der Waals surface area contributed by atoms with Crippen LogP contribution in [0.15, 0.2) is 48.5 Å². The third kappa shape index (κ3) is 7.81. The van der Waals surface area contributed by atoms with Gasteiger partial charge in [0.05, 0.1) is 11.5 Å². The number of rotatable bonds is 13. The van der Waals surface area contributed by atoms with Crippen molar-refractivity contribution >= 4 is 0 Å². The van der Waals surface area contributed by atoms with Crippen LogP contribution < -0.4 is 0 Å². The van der Waals surface area contributed by atoms with E-state index in [1.54, 1.807) is 0 Å². The SMILES string of the molecule is CCCCCCCCc1ccc(-c2ccc(CCCCC3(C#N)CCCCC3)cc2)cc1. The largest absolute Gasteiger partial charge is 0.198 e. The summed E-state index contributed by atoms with van der Waals surface area (Å²) < 4.78 is 0. The van der Waals surface area contributed by atoms with Crippen molar-refractivity contribution in [1.29, 1.82) is 5.26 Å². The predicted molar refractivity (Wildman–Crippen MR) is 138 cm³/mol. The zero-order valence-corrected chi connectivity index (χ0v) is 20.4. The van der Waals surface area contributed by atoms with Crippen molar-refractivity contribution in [2.24, 2.45) is 5.41 Å². The van der Waals surface area contributed by atoms with E-state index in [2.05, 4.69) is 61.5 Å². The lowest BCUT2D eigenvalue weighted by Crippen LogP contribution is -2.21. The Balaban J connectivity index is 1.39. The van der Waals surface area contributed by atoms with Gasteiger partial charge < -0.3 is 0 Å². The topological polar surface area (TPSA) is 23.8 Å². The highest BCUT2D eigenvalue weighted by Crippen LogP contribution is 2.40. The number of unbranched alkanes of at least 4 members (excludes halogenated alkanes) is 6. The Morgan fingerprint density at radius 2 is 1.16 bits per heavy atom. The van der Waals surface area contributed by atoms with Gasteiger partial charge in [-0.25, -0.2) is 0 Å². The molecule has 0 amide bonds. The summed E-state index contributed by atoms with van der Waals surface area (Å²) in [5.41, 5.74) is 5.50. The number of benzene rings is 2. The fourth-order valence-corrected chi connectivity index (χ4v) is 5.28. The average Bonchev–Trinajstić information content (AvgIpc) is 2.85. The van der Waals surface area contributed by atoms with Crippen LogP contribution in [-0.2, 0) is 12.8 Å². The molecule has 172 valence electrons. The fourth-order valence-electron chi connectivity index (χ4n) is 5.28. The Hall–Kier alpha value is -2.07. The van der Waals surface area contributed by atoms with Crippen LogP contribution in [0.3, 0.4) is 0 Å². The molecule has 0 atom stereocenters. The van der Waals surface area contributed by atoms with Crippen molar-refractivity contribution in [3.05, 3.63) is 59.7 Å². The van der Waals surface area contributed by atoms with Gasteiger partial charge in [0.25, 0.3) is 0 Å². The molecular formula is C31H43N. The molecule has 0 saturated heterocycles. The Labute approximate surface area is 197 Å². The van der Waals surface area contributed by atoms with Crippen LogP contribution >= 0.6 is 0 Å². The Morgan fingerprint density at radius 3 is 1.69 bits per heavy atom. The Morgan fingerprint density at radius 1 is 0.656 bits per heavy atom. The molecule has 1 aliphatic carbocycles. The summed E-state index contributed by atoms with van der Waals surface area (Å²) in [7, 11) is 0. The van der Waals surface area contributed by atoms with E-state index in [-0.39, 0.29) is 5.41 Å². The molecule has 0 unspecified atom stereocenters. The van der Waals surface area contributed by atoms with Crippen LogP contribution in [0.1, 0.15) is 108 Å². The minimum Gasteiger partial charge on any atom is -0.198 e. The van der Waals surface area contributed by atoms with Gasteiger partial charge in [-0.1, -0.05) is 113 Å². The molecule has 0 radical (unpaired) electrons. The lowest BCUT2D eigenvalue weighted by molar-refractivity contribution is 0.242. The van der Waals surface area contributed by atoms with Crippen molar-refractivity contribution in [2.45, 2.75) is 110 Å². The zero-order chi connectivity index (χ0) is 22.5. The zero-order valence-electron chi connectivity index (χ0n) is 20.4. The van der Waals surface area contributed by atoms with Crippen molar-refractivity contribution in [2.75, 3.05) is 0 Å². The Bertz CT molecular complexity index is 803. The fraction of sp³-hybridized carbons (Fsp3) is 0.581. The summed E-state index contributed by atoms with van der Waals surface area (Å²) in [4.78, 5) is 0. The van der Waals surface area contributed by atoms with Crippen molar-refractivity contribution in [1.82, 2.24) is 0 Å². The highest BCUT2D eigenvalue weighted by molar-refractivity contribution is 5.64. The second kappa shape index (κ2) is 13.5. The highest BCUT2D eigenvalue weighted by Gasteiger charge is 2.31. The lowest BCUT2D eigenvalue weighted by Gasteiger charge is -2.30. The molecule has 1 heteroatoms. The van der Waals surface area contributed by atoms with Gasteiger partial charge in [0.2, 0.25) is 0 Å². The van der Waals surface area contributed by atoms with Crippen LogP contribution in [0, 0.1) is 16.7 Å². The molecule has 2 aromatic carbocycles. The molecule has 1 aliphatic rings. The molecule has 1 saturated carbocycles. The number of hydrogen-bond acceptors (Lipinski definition) is 1. The third-order valence-electron chi connectivity index (χ3n) is 7.48. The van der Waals surface area contributed by atoms with Gasteiger partial charge >= 0.3 is 0 Å². The maximum absolute atomic E-state index is 9.65. The predicted octanol–water partition coefficient (Wildman–Crippen LogP) is 9.44. The van der Waals surface area contributed by atoms with Crippen molar-refractivity contribution in [3.63, 3.8) is 0 Å². The first kappa shape index (κ1) is 24.6. The second-order valence-corrected chi connectivity index (χ2v) is 10.1. The molecule has 0 aromatic heterocycles. The maximum atomic E-state index is 9.65. The van der Waals surface area contributed by atoms with Gasteiger partial charge in [0.15, 0.2) is 0 Å². The minimum atomic E-state index is -0.0106. The lowest BCUT2D eigenvalue weighted by atomic mass is 9.72. The first-order chi connectivity index (χ1) is 15.7. The smallest absolute Gasteiger partial charge is 0.0689 e. The van der Waals surface area contributed by atoms with Crippen LogP contribution in [-0.4, -0.2) is 0 Å². The van der Waals surface area contributed by atoms with E-state index in [0.29, 0.717) is 0 Å². The normalized spacial score (nSPS) is 15.4. The van der Waals surface area contributed by atoms with Crippen LogP contribution in [0.25, 0.3) is 11.1 Å². The molecule has 0 N–H and O–H groups in total. The quantitative estimate of drug-likeness (QED) is 0.291. The van der Waals surface area contributed by atoms with Gasteiger partial charge in [-0.15, -0.1) is 0 Å². The molecule has 0 bridgehead atoms. The average molecular weight is 430 g/mol. The number of nitriles is 1. The molecule has 0 spiro atoms. The molecule has 32 heavy (non-hydrogen) atoms. The third-order valence-corrected chi connectivity index (χ3v) is 7.48. The van der Waals surface area contributed by atoms with Gasteiger partial charge in [0, 0.05) is 0 Å². The molecule has 1 fully saturated rings. The van der Waals surface area contributed by atoms with Gasteiger partial charge in [-0.2, -0.15) is 5.26 Å². The van der Waals surface area contributed by atoms with Gasteiger partial charge in [0.1, 0.15) is 0 Å². The van der Waals surface area contributed by atoms with Crippen molar-refractivity contribution in [3.8, 4) is 17.2 Å². The number of aryl methyl sites for hydroxylation is 2. The van der Waals surface area contributed by atoms with Crippen LogP contribution in [0.2, 0.25) is 0 Å². The van der Waals surface area contributed by atoms with E-state index in [1.165, 1.54) is 99.3 Å². The standard InChI is InChI=1S/C31H43N/c1-2-3-4-5-6-8-13-27-15-19-29(20-16-27)30-21-17-28(18-22-30)14-9-12-25-31(26-32)23-10-7-11-24-31/h15-22H,2-14,23-25H2,1H3. The van der Waals surface area contributed by atoms with Crippen LogP contribution in [0.4, 0.5) is 0 Å². The molecule has 1 nitrogen and oxygen atoms in total. The minimum absolute atomic E-state index is 0.0106. The maximum Gasteiger partial charge on any atom is 0.0689 e. The highest BCUT2D eigenvalue weighted by atomic mass is 14.4. The number of nitrogens with zero attached hydrogens (tertiary/aromatic N) is 1. The van der Waals surface area contributed by atoms with E-state index in [9.17, 15) is 5.26 Å². The molecular weight excluding hydrogens is 386 g/mol.